The lowest BCUT2D eigenvalue weighted by molar-refractivity contribution is 0.0767. The molecule has 0 saturated carbocycles. The van der Waals surface area contributed by atoms with Crippen molar-refractivity contribution in [3.63, 3.8) is 0 Å². The fourth-order valence-corrected chi connectivity index (χ4v) is 3.90. The molecule has 0 fully saturated rings. The second-order valence-electron chi connectivity index (χ2n) is 6.29. The molecule has 7 nitrogen and oxygen atoms in total. The number of thioether (sulfide) groups is 1. The molecule has 1 unspecified atom stereocenters. The van der Waals surface area contributed by atoms with E-state index in [1.165, 1.54) is 11.8 Å². The third kappa shape index (κ3) is 2.71. The van der Waals surface area contributed by atoms with Crippen LogP contribution in [0.4, 0.5) is 0 Å². The summed E-state index contributed by atoms with van der Waals surface area (Å²) in [7, 11) is 0. The third-order valence-electron chi connectivity index (χ3n) is 4.77. The van der Waals surface area contributed by atoms with Crippen molar-refractivity contribution < 1.29 is 4.79 Å². The maximum absolute atomic E-state index is 12.9. The van der Waals surface area contributed by atoms with E-state index in [1.807, 2.05) is 25.3 Å². The summed E-state index contributed by atoms with van der Waals surface area (Å²) in [6.45, 7) is 9.04. The molecule has 3 aromatic rings. The molecule has 138 valence electrons. The molecule has 4 heterocycles. The van der Waals surface area contributed by atoms with Crippen LogP contribution in [0.1, 0.15) is 40.5 Å². The van der Waals surface area contributed by atoms with Crippen LogP contribution in [0.15, 0.2) is 36.1 Å². The number of hydrogen-bond acceptors (Lipinski definition) is 6. The van der Waals surface area contributed by atoms with Crippen molar-refractivity contribution in [3.05, 3.63) is 53.8 Å². The number of aryl methyl sites for hydroxylation is 2. The van der Waals surface area contributed by atoms with Gasteiger partial charge in [-0.05, 0) is 32.2 Å². The van der Waals surface area contributed by atoms with E-state index < -0.39 is 0 Å². The average molecular weight is 380 g/mol. The molecule has 1 aliphatic heterocycles. The van der Waals surface area contributed by atoms with Gasteiger partial charge in [-0.3, -0.25) is 4.79 Å². The summed E-state index contributed by atoms with van der Waals surface area (Å²) in [4.78, 5) is 33.0. The van der Waals surface area contributed by atoms with Gasteiger partial charge in [-0.25, -0.2) is 19.9 Å². The Kier molecular flexibility index (Phi) is 4.43. The van der Waals surface area contributed by atoms with Crippen LogP contribution >= 0.6 is 11.8 Å². The van der Waals surface area contributed by atoms with Gasteiger partial charge in [0.25, 0.3) is 5.91 Å². The van der Waals surface area contributed by atoms with E-state index in [0.29, 0.717) is 23.0 Å². The van der Waals surface area contributed by atoms with Gasteiger partial charge >= 0.3 is 0 Å². The van der Waals surface area contributed by atoms with Crippen molar-refractivity contribution in [2.24, 2.45) is 0 Å². The Morgan fingerprint density at radius 2 is 2.11 bits per heavy atom. The Labute approximate surface area is 161 Å². The molecule has 8 heteroatoms. The fourth-order valence-electron chi connectivity index (χ4n) is 3.56. The molecular formula is C19H20N6OS. The number of carbonyl (C=O) groups is 1. The van der Waals surface area contributed by atoms with Crippen LogP contribution in [0.5, 0.6) is 0 Å². The zero-order valence-electron chi connectivity index (χ0n) is 15.5. The number of aromatic nitrogens is 5. The molecule has 1 atom stereocenters. The first-order chi connectivity index (χ1) is 13.1. The standard InChI is InChI=1S/C19H20N6OS/c1-5-9-25-16(15-12(18(25)26)10-20-19(23-15)27-4)13-7-8-14-17(22-13)24(6-2)11(3)21-14/h5,7-8,10,16H,1,6,9H2,2-4H3. The molecule has 0 aliphatic carbocycles. The lowest BCUT2D eigenvalue weighted by Gasteiger charge is -2.23. The van der Waals surface area contributed by atoms with Gasteiger partial charge in [0.1, 0.15) is 17.4 Å². The molecule has 1 amide bonds. The number of imidazole rings is 1. The third-order valence-corrected chi connectivity index (χ3v) is 5.33. The quantitative estimate of drug-likeness (QED) is 0.385. The number of pyridine rings is 1. The summed E-state index contributed by atoms with van der Waals surface area (Å²) in [5.41, 5.74) is 3.68. The van der Waals surface area contributed by atoms with Crippen LogP contribution in [-0.2, 0) is 6.54 Å². The van der Waals surface area contributed by atoms with Gasteiger partial charge in [0.15, 0.2) is 10.8 Å². The summed E-state index contributed by atoms with van der Waals surface area (Å²) >= 11 is 1.45. The van der Waals surface area contributed by atoms with Crippen molar-refractivity contribution in [1.29, 1.82) is 0 Å². The average Bonchev–Trinajstić information content (AvgIpc) is 3.14. The van der Waals surface area contributed by atoms with E-state index in [1.54, 1.807) is 17.2 Å². The number of carbonyl (C=O) groups excluding carboxylic acids is 1. The Balaban J connectivity index is 1.91. The largest absolute Gasteiger partial charge is 0.320 e. The highest BCUT2D eigenvalue weighted by Crippen LogP contribution is 2.37. The highest BCUT2D eigenvalue weighted by Gasteiger charge is 2.40. The van der Waals surface area contributed by atoms with Crippen molar-refractivity contribution in [1.82, 2.24) is 29.4 Å². The predicted molar refractivity (Wildman–Crippen MR) is 105 cm³/mol. The van der Waals surface area contributed by atoms with E-state index in [9.17, 15) is 4.79 Å². The van der Waals surface area contributed by atoms with E-state index in [4.69, 9.17) is 4.98 Å². The lowest BCUT2D eigenvalue weighted by Crippen LogP contribution is -2.29. The molecule has 0 radical (unpaired) electrons. The molecule has 0 bridgehead atoms. The summed E-state index contributed by atoms with van der Waals surface area (Å²) in [5, 5.41) is 0.641. The first-order valence-electron chi connectivity index (χ1n) is 8.75. The van der Waals surface area contributed by atoms with Gasteiger partial charge in [-0.2, -0.15) is 0 Å². The van der Waals surface area contributed by atoms with E-state index >= 15 is 0 Å². The molecule has 0 saturated heterocycles. The first kappa shape index (κ1) is 17.7. The molecule has 1 aliphatic rings. The maximum Gasteiger partial charge on any atom is 0.258 e. The monoisotopic (exact) mass is 380 g/mol. The van der Waals surface area contributed by atoms with Crippen LogP contribution in [0.25, 0.3) is 11.2 Å². The lowest BCUT2D eigenvalue weighted by atomic mass is 10.1. The van der Waals surface area contributed by atoms with E-state index in [0.717, 1.165) is 29.2 Å². The Hall–Kier alpha value is -2.74. The van der Waals surface area contributed by atoms with E-state index in [2.05, 4.69) is 33.0 Å². The molecule has 3 aromatic heterocycles. The van der Waals surface area contributed by atoms with Crippen LogP contribution in [0.2, 0.25) is 0 Å². The second-order valence-corrected chi connectivity index (χ2v) is 7.06. The number of nitrogens with zero attached hydrogens (tertiary/aromatic N) is 6. The van der Waals surface area contributed by atoms with Crippen LogP contribution in [0.3, 0.4) is 0 Å². The summed E-state index contributed by atoms with van der Waals surface area (Å²) in [6, 6.07) is 3.53. The van der Waals surface area contributed by atoms with Crippen LogP contribution in [0, 0.1) is 6.92 Å². The minimum absolute atomic E-state index is 0.0929. The summed E-state index contributed by atoms with van der Waals surface area (Å²) in [6.07, 6.45) is 5.26. The highest BCUT2D eigenvalue weighted by atomic mass is 32.2. The minimum Gasteiger partial charge on any atom is -0.320 e. The molecular weight excluding hydrogens is 360 g/mol. The Morgan fingerprint density at radius 1 is 1.30 bits per heavy atom. The fraction of sp³-hybridized carbons (Fsp3) is 0.316. The zero-order valence-corrected chi connectivity index (χ0v) is 16.3. The second kappa shape index (κ2) is 6.77. The van der Waals surface area contributed by atoms with Crippen LogP contribution in [-0.4, -0.2) is 48.1 Å². The van der Waals surface area contributed by atoms with Gasteiger partial charge in [0.05, 0.1) is 17.0 Å². The van der Waals surface area contributed by atoms with Gasteiger partial charge in [-0.15, -0.1) is 6.58 Å². The van der Waals surface area contributed by atoms with Crippen molar-refractivity contribution >= 4 is 28.8 Å². The van der Waals surface area contributed by atoms with E-state index in [-0.39, 0.29) is 11.9 Å². The van der Waals surface area contributed by atoms with Crippen LogP contribution < -0.4 is 0 Å². The van der Waals surface area contributed by atoms with Gasteiger partial charge in [0.2, 0.25) is 0 Å². The Morgan fingerprint density at radius 3 is 2.81 bits per heavy atom. The normalized spacial score (nSPS) is 16.2. The first-order valence-corrected chi connectivity index (χ1v) is 9.98. The number of fused-ring (bicyclic) bond motifs is 2. The van der Waals surface area contributed by atoms with Gasteiger partial charge < -0.3 is 9.47 Å². The topological polar surface area (TPSA) is 76.8 Å². The zero-order chi connectivity index (χ0) is 19.1. The smallest absolute Gasteiger partial charge is 0.258 e. The molecule has 0 aromatic carbocycles. The SMILES string of the molecule is C=CCN1C(=O)c2cnc(SC)nc2C1c1ccc2nc(C)n(CC)c2n1. The number of amides is 1. The van der Waals surface area contributed by atoms with Crippen molar-refractivity contribution in [2.75, 3.05) is 12.8 Å². The van der Waals surface area contributed by atoms with Gasteiger partial charge in [0, 0.05) is 19.3 Å². The highest BCUT2D eigenvalue weighted by molar-refractivity contribution is 7.98. The van der Waals surface area contributed by atoms with Crippen molar-refractivity contribution in [2.45, 2.75) is 31.6 Å². The molecule has 4 rings (SSSR count). The number of rotatable bonds is 5. The number of hydrogen-bond donors (Lipinski definition) is 0. The summed E-state index contributed by atoms with van der Waals surface area (Å²) in [5.74, 6) is 0.833. The molecule has 27 heavy (non-hydrogen) atoms. The minimum atomic E-state index is -0.357. The predicted octanol–water partition coefficient (Wildman–Crippen LogP) is 3.00. The maximum atomic E-state index is 12.9. The molecule has 0 N–H and O–H groups in total. The van der Waals surface area contributed by atoms with Crippen molar-refractivity contribution in [3.8, 4) is 0 Å². The summed E-state index contributed by atoms with van der Waals surface area (Å²) < 4.78 is 2.07. The Bertz CT molecular complexity index is 1060. The molecule has 0 spiro atoms. The van der Waals surface area contributed by atoms with Gasteiger partial charge in [-0.1, -0.05) is 17.8 Å².